The Kier molecular flexibility index (Phi) is 11.8. The molecule has 0 spiro atoms. The van der Waals surface area contributed by atoms with Gasteiger partial charge in [0.1, 0.15) is 5.82 Å². The van der Waals surface area contributed by atoms with Crippen molar-refractivity contribution in [1.29, 1.82) is 0 Å². The van der Waals surface area contributed by atoms with Crippen LogP contribution in [-0.4, -0.2) is 38.1 Å². The minimum Gasteiger partial charge on any atom is -0.322 e. The Morgan fingerprint density at radius 3 is 2.31 bits per heavy atom. The van der Waals surface area contributed by atoms with Crippen LogP contribution in [0.3, 0.4) is 0 Å². The highest BCUT2D eigenvalue weighted by molar-refractivity contribution is 9.10. The van der Waals surface area contributed by atoms with Crippen molar-refractivity contribution in [3.8, 4) is 12.3 Å². The largest absolute Gasteiger partial charge is 0.333 e. The van der Waals surface area contributed by atoms with Gasteiger partial charge in [-0.3, -0.25) is 13.9 Å². The zero-order valence-corrected chi connectivity index (χ0v) is 25.5. The van der Waals surface area contributed by atoms with Gasteiger partial charge in [0.2, 0.25) is 0 Å². The molecule has 0 saturated carbocycles. The van der Waals surface area contributed by atoms with Crippen LogP contribution in [0.25, 0.3) is 11.2 Å². The Labute approximate surface area is 238 Å². The first kappa shape index (κ1) is 31.1. The minimum atomic E-state index is -3.05. The summed E-state index contributed by atoms with van der Waals surface area (Å²) in [6.07, 6.45) is 10.2. The number of halogens is 1. The summed E-state index contributed by atoms with van der Waals surface area (Å²) in [7, 11) is -3.05. The average Bonchev–Trinajstić information content (AvgIpc) is 3.28. The molecule has 1 aromatic carbocycles. The molecule has 2 aromatic heterocycles. The van der Waals surface area contributed by atoms with Gasteiger partial charge in [0.25, 0.3) is 5.56 Å². The molecule has 0 N–H and O–H groups in total. The number of nitrogens with zero attached hydrogens (tertiary/aromatic N) is 4. The number of aromatic nitrogens is 4. The molecule has 0 aliphatic carbocycles. The van der Waals surface area contributed by atoms with E-state index in [1.54, 1.807) is 18.4 Å². The van der Waals surface area contributed by atoms with E-state index in [1.807, 2.05) is 29.7 Å². The summed E-state index contributed by atoms with van der Waals surface area (Å²) in [5.74, 6) is 3.20. The molecule has 0 saturated heterocycles. The van der Waals surface area contributed by atoms with Gasteiger partial charge in [0, 0.05) is 24.0 Å². The lowest BCUT2D eigenvalue weighted by molar-refractivity contribution is 0.219. The van der Waals surface area contributed by atoms with E-state index in [2.05, 4.69) is 27.9 Å². The van der Waals surface area contributed by atoms with Crippen LogP contribution in [-0.2, 0) is 46.1 Å². The Bertz CT molecular complexity index is 1460. The lowest BCUT2D eigenvalue weighted by Crippen LogP contribution is -2.40. The van der Waals surface area contributed by atoms with Gasteiger partial charge in [0.05, 0.1) is 25.9 Å². The van der Waals surface area contributed by atoms with Crippen molar-refractivity contribution in [3.63, 3.8) is 0 Å². The monoisotopic (exact) mass is 620 g/mol. The molecule has 0 aliphatic rings. The maximum Gasteiger partial charge on any atom is 0.333 e. The van der Waals surface area contributed by atoms with E-state index in [0.29, 0.717) is 62.9 Å². The van der Waals surface area contributed by atoms with Crippen molar-refractivity contribution < 1.29 is 13.6 Å². The van der Waals surface area contributed by atoms with Crippen molar-refractivity contribution in [2.75, 3.05) is 19.4 Å². The zero-order valence-electron chi connectivity index (χ0n) is 23.0. The van der Waals surface area contributed by atoms with Gasteiger partial charge < -0.3 is 13.6 Å². The van der Waals surface area contributed by atoms with Gasteiger partial charge >= 0.3 is 13.3 Å². The second-order valence-electron chi connectivity index (χ2n) is 9.15. The Morgan fingerprint density at radius 1 is 0.974 bits per heavy atom. The van der Waals surface area contributed by atoms with E-state index in [4.69, 9.17) is 20.5 Å². The molecule has 39 heavy (non-hydrogen) atoms. The molecule has 0 amide bonds. The lowest BCUT2D eigenvalue weighted by atomic mass is 10.1. The van der Waals surface area contributed by atoms with Crippen LogP contribution >= 0.6 is 23.5 Å². The predicted molar refractivity (Wildman–Crippen MR) is 159 cm³/mol. The number of unbranched alkanes of at least 4 members (excludes halogenated alkanes) is 3. The fraction of sp³-hybridized carbons (Fsp3) is 0.536. The highest BCUT2D eigenvalue weighted by atomic mass is 79.9. The number of rotatable bonds is 16. The van der Waals surface area contributed by atoms with Crippen molar-refractivity contribution in [3.05, 3.63) is 61.0 Å². The third kappa shape index (κ3) is 7.61. The summed E-state index contributed by atoms with van der Waals surface area (Å²) in [5, 5.41) is 0. The first-order valence-electron chi connectivity index (χ1n) is 13.6. The van der Waals surface area contributed by atoms with Crippen molar-refractivity contribution in [2.45, 2.75) is 78.9 Å². The third-order valence-electron chi connectivity index (χ3n) is 6.55. The molecule has 212 valence electrons. The first-order chi connectivity index (χ1) is 18.8. The normalized spacial score (nSPS) is 11.8. The fourth-order valence-corrected chi connectivity index (χ4v) is 6.95. The quantitative estimate of drug-likeness (QED) is 0.121. The van der Waals surface area contributed by atoms with Crippen molar-refractivity contribution in [2.24, 2.45) is 0 Å². The Morgan fingerprint density at radius 2 is 1.67 bits per heavy atom. The second kappa shape index (κ2) is 14.8. The highest BCUT2D eigenvalue weighted by Crippen LogP contribution is 2.48. The van der Waals surface area contributed by atoms with Crippen LogP contribution < -0.4 is 11.2 Å². The van der Waals surface area contributed by atoms with Gasteiger partial charge in [-0.1, -0.05) is 52.9 Å². The molecule has 0 bridgehead atoms. The molecule has 0 radical (unpaired) electrons. The maximum atomic E-state index is 13.4. The number of benzene rings is 1. The average molecular weight is 622 g/mol. The second-order valence-corrected chi connectivity index (χ2v) is 12.2. The standard InChI is InChI=1S/C28H38BrN4O5P/c1-5-19-33-27(34)25-26(30-24(31(25)6-2)18-17-22-15-11-12-16-23(22)29)32(28(33)35)20-13-9-10-14-21-39(36,37-7-3)38-8-4/h1,11-12,15-16H,6-10,13-14,17-21H2,2-4H3. The summed E-state index contributed by atoms with van der Waals surface area (Å²) in [5.41, 5.74) is 1.10. The smallest absolute Gasteiger partial charge is 0.322 e. The van der Waals surface area contributed by atoms with Gasteiger partial charge in [-0.2, -0.15) is 0 Å². The van der Waals surface area contributed by atoms with Crippen LogP contribution in [0.4, 0.5) is 0 Å². The van der Waals surface area contributed by atoms with Gasteiger partial charge in [-0.15, -0.1) is 6.42 Å². The fourth-order valence-electron chi connectivity index (χ4n) is 4.74. The summed E-state index contributed by atoms with van der Waals surface area (Å²) in [4.78, 5) is 31.5. The molecule has 0 atom stereocenters. The summed E-state index contributed by atoms with van der Waals surface area (Å²) in [6, 6.07) is 8.02. The van der Waals surface area contributed by atoms with E-state index in [1.165, 1.54) is 0 Å². The molecule has 3 rings (SSSR count). The number of hydrogen-bond acceptors (Lipinski definition) is 6. The summed E-state index contributed by atoms with van der Waals surface area (Å²) < 4.78 is 29.0. The third-order valence-corrected chi connectivity index (χ3v) is 9.49. The lowest BCUT2D eigenvalue weighted by Gasteiger charge is -2.16. The van der Waals surface area contributed by atoms with Crippen LogP contribution in [0, 0.1) is 12.3 Å². The van der Waals surface area contributed by atoms with E-state index in [-0.39, 0.29) is 6.54 Å². The van der Waals surface area contributed by atoms with E-state index in [9.17, 15) is 14.2 Å². The molecule has 11 heteroatoms. The number of aryl methyl sites for hydroxylation is 4. The maximum absolute atomic E-state index is 13.4. The predicted octanol–water partition coefficient (Wildman–Crippen LogP) is 5.39. The number of imidazole rings is 1. The first-order valence-corrected chi connectivity index (χ1v) is 16.1. The number of terminal acetylenes is 1. The van der Waals surface area contributed by atoms with E-state index < -0.39 is 18.8 Å². The van der Waals surface area contributed by atoms with Crippen molar-refractivity contribution in [1.82, 2.24) is 18.7 Å². The topological polar surface area (TPSA) is 97.3 Å². The van der Waals surface area contributed by atoms with Crippen LogP contribution in [0.15, 0.2) is 38.3 Å². The van der Waals surface area contributed by atoms with Crippen LogP contribution in [0.2, 0.25) is 0 Å². The molecular weight excluding hydrogens is 583 g/mol. The molecule has 9 nitrogen and oxygen atoms in total. The summed E-state index contributed by atoms with van der Waals surface area (Å²) in [6.45, 7) is 7.11. The molecule has 3 aromatic rings. The van der Waals surface area contributed by atoms with Gasteiger partial charge in [0.15, 0.2) is 11.2 Å². The van der Waals surface area contributed by atoms with Crippen LogP contribution in [0.1, 0.15) is 57.8 Å². The van der Waals surface area contributed by atoms with Crippen LogP contribution in [0.5, 0.6) is 0 Å². The molecule has 0 fully saturated rings. The Hall–Kier alpha value is -2.44. The minimum absolute atomic E-state index is 0.0983. The SMILES string of the molecule is C#CCn1c(=O)c2c(nc(CCc3ccccc3Br)n2CC)n(CCCCCCP(=O)(OCC)OCC)c1=O. The molecular formula is C28H38BrN4O5P. The highest BCUT2D eigenvalue weighted by Gasteiger charge is 2.23. The number of fused-ring (bicyclic) bond motifs is 1. The van der Waals surface area contributed by atoms with Gasteiger partial charge in [-0.05, 0) is 51.7 Å². The van der Waals surface area contributed by atoms with Gasteiger partial charge in [-0.25, -0.2) is 14.3 Å². The van der Waals surface area contributed by atoms with E-state index >= 15 is 0 Å². The molecule has 2 heterocycles. The Balaban J connectivity index is 1.83. The number of hydrogen-bond donors (Lipinski definition) is 0. The summed E-state index contributed by atoms with van der Waals surface area (Å²) >= 11 is 3.60. The molecule has 0 unspecified atom stereocenters. The van der Waals surface area contributed by atoms with E-state index in [0.717, 1.165) is 39.7 Å². The molecule has 0 aliphatic heterocycles. The zero-order chi connectivity index (χ0) is 28.4. The van der Waals surface area contributed by atoms with Crippen molar-refractivity contribution >= 4 is 34.7 Å².